The predicted molar refractivity (Wildman–Crippen MR) is 126 cm³/mol. The summed E-state index contributed by atoms with van der Waals surface area (Å²) in [5.74, 6) is -0.900. The molecule has 2 aliphatic heterocycles. The molecular weight excluding hydrogens is 482 g/mol. The number of nitrogens with two attached hydrogens (primary N) is 1. The molecule has 2 aromatic rings. The average molecular weight is 504 g/mol. The first kappa shape index (κ1) is 25.1. The Hall–Kier alpha value is -3.54. The highest BCUT2D eigenvalue weighted by molar-refractivity contribution is 7.80. The van der Waals surface area contributed by atoms with Gasteiger partial charge in [0.15, 0.2) is 5.11 Å². The largest absolute Gasteiger partial charge is 1.00 e. The lowest BCUT2D eigenvalue weighted by Crippen LogP contribution is -3.00. The number of non-ortho nitro benzene ring substituents is 1. The number of nitro groups is 1. The van der Waals surface area contributed by atoms with Gasteiger partial charge in [-0.15, -0.1) is 0 Å². The molecular formula is C22H22ClN5O5S. The summed E-state index contributed by atoms with van der Waals surface area (Å²) in [4.78, 5) is 40.3. The molecule has 2 fully saturated rings. The molecule has 10 nitrogen and oxygen atoms in total. The van der Waals surface area contributed by atoms with E-state index in [-0.39, 0.29) is 28.8 Å². The van der Waals surface area contributed by atoms with Crippen molar-refractivity contribution in [2.24, 2.45) is 0 Å². The van der Waals surface area contributed by atoms with Crippen LogP contribution in [0.5, 0.6) is 5.75 Å². The molecule has 2 aliphatic rings. The molecule has 2 aromatic carbocycles. The number of methoxy groups -OCH3 is 1. The van der Waals surface area contributed by atoms with Gasteiger partial charge in [-0.25, -0.2) is 4.90 Å². The summed E-state index contributed by atoms with van der Waals surface area (Å²) in [6, 6.07) is 11.3. The van der Waals surface area contributed by atoms with Crippen molar-refractivity contribution in [2.75, 3.05) is 43.1 Å². The first-order valence-electron chi connectivity index (χ1n) is 10.3. The van der Waals surface area contributed by atoms with E-state index in [2.05, 4.69) is 15.5 Å². The predicted octanol–water partition coefficient (Wildman–Crippen LogP) is -2.18. The molecule has 2 heterocycles. The van der Waals surface area contributed by atoms with Crippen molar-refractivity contribution < 1.29 is 37.0 Å². The van der Waals surface area contributed by atoms with Gasteiger partial charge in [0.1, 0.15) is 11.3 Å². The summed E-state index contributed by atoms with van der Waals surface area (Å²) < 4.78 is 5.35. The zero-order valence-corrected chi connectivity index (χ0v) is 19.8. The van der Waals surface area contributed by atoms with Gasteiger partial charge in [-0.2, -0.15) is 0 Å². The molecule has 0 aliphatic carbocycles. The van der Waals surface area contributed by atoms with Crippen molar-refractivity contribution in [1.29, 1.82) is 0 Å². The van der Waals surface area contributed by atoms with Gasteiger partial charge in [-0.1, -0.05) is 12.1 Å². The fourth-order valence-corrected chi connectivity index (χ4v) is 4.17. The van der Waals surface area contributed by atoms with E-state index >= 15 is 0 Å². The number of halogens is 1. The normalized spacial score (nSPS) is 17.3. The maximum Gasteiger partial charge on any atom is 0.270 e. The number of hydrogen-bond donors (Lipinski definition) is 2. The SMILES string of the molecule is COc1ccccc1N1C(=O)/C(=C\c2cc([N+](=O)[O-])ccc2N2CC[NH2+]CC2)C(=O)NC1=S.[Cl-]. The maximum atomic E-state index is 13.4. The number of nitrogens with zero attached hydrogens (tertiary/aromatic N) is 3. The first-order valence-corrected chi connectivity index (χ1v) is 10.7. The van der Waals surface area contributed by atoms with E-state index in [0.717, 1.165) is 31.9 Å². The van der Waals surface area contributed by atoms with E-state index in [1.165, 1.54) is 30.2 Å². The third-order valence-electron chi connectivity index (χ3n) is 5.50. The summed E-state index contributed by atoms with van der Waals surface area (Å²) >= 11 is 5.26. The highest BCUT2D eigenvalue weighted by Crippen LogP contribution is 2.32. The minimum absolute atomic E-state index is 0. The number of quaternary nitrogens is 1. The second-order valence-electron chi connectivity index (χ2n) is 7.48. The molecule has 2 saturated heterocycles. The van der Waals surface area contributed by atoms with E-state index in [1.54, 1.807) is 30.3 Å². The Morgan fingerprint density at radius 1 is 1.15 bits per heavy atom. The summed E-state index contributed by atoms with van der Waals surface area (Å²) in [5.41, 5.74) is 1.21. The third-order valence-corrected chi connectivity index (χ3v) is 5.78. The Morgan fingerprint density at radius 3 is 2.53 bits per heavy atom. The molecule has 0 atom stereocenters. The smallest absolute Gasteiger partial charge is 0.270 e. The van der Waals surface area contributed by atoms with Crippen LogP contribution in [0.25, 0.3) is 6.08 Å². The lowest BCUT2D eigenvalue weighted by molar-refractivity contribution is -0.655. The summed E-state index contributed by atoms with van der Waals surface area (Å²) in [7, 11) is 1.47. The van der Waals surface area contributed by atoms with Crippen molar-refractivity contribution in [3.8, 4) is 5.75 Å². The van der Waals surface area contributed by atoms with Crippen LogP contribution in [0.4, 0.5) is 17.1 Å². The van der Waals surface area contributed by atoms with Gasteiger partial charge in [0.05, 0.1) is 43.9 Å². The van der Waals surface area contributed by atoms with Crippen LogP contribution in [-0.4, -0.2) is 55.1 Å². The maximum absolute atomic E-state index is 13.4. The number of nitro benzene ring substituents is 1. The number of hydrogen-bond acceptors (Lipinski definition) is 7. The van der Waals surface area contributed by atoms with E-state index in [4.69, 9.17) is 17.0 Å². The molecule has 0 unspecified atom stereocenters. The minimum Gasteiger partial charge on any atom is -1.00 e. The second-order valence-corrected chi connectivity index (χ2v) is 7.87. The van der Waals surface area contributed by atoms with Crippen molar-refractivity contribution in [3.63, 3.8) is 0 Å². The number of benzene rings is 2. The molecule has 0 spiro atoms. The van der Waals surface area contributed by atoms with Crippen LogP contribution >= 0.6 is 12.2 Å². The standard InChI is InChI=1S/C22H21N5O5S.ClH/c1-32-19-5-3-2-4-18(19)26-21(29)16(20(28)24-22(26)33)13-14-12-15(27(30)31)6-7-17(14)25-10-8-23-9-11-25;/h2-7,12-13,23H,8-11H2,1H3,(H,24,28,33);1H/b16-13-;. The average Bonchev–Trinajstić information content (AvgIpc) is 2.82. The Bertz CT molecular complexity index is 1180. The van der Waals surface area contributed by atoms with Gasteiger partial charge in [0, 0.05) is 23.4 Å². The molecule has 34 heavy (non-hydrogen) atoms. The second kappa shape index (κ2) is 10.6. The van der Waals surface area contributed by atoms with Crippen LogP contribution in [0.1, 0.15) is 5.56 Å². The number of piperazine rings is 1. The van der Waals surface area contributed by atoms with Crippen molar-refractivity contribution in [3.05, 3.63) is 63.7 Å². The van der Waals surface area contributed by atoms with Gasteiger partial charge >= 0.3 is 0 Å². The molecule has 0 aromatic heterocycles. The van der Waals surface area contributed by atoms with Crippen LogP contribution in [0.15, 0.2) is 48.0 Å². The first-order chi connectivity index (χ1) is 15.9. The summed E-state index contributed by atoms with van der Waals surface area (Å²) in [5, 5.41) is 16.0. The Labute approximate surface area is 207 Å². The summed E-state index contributed by atoms with van der Waals surface area (Å²) in [6.07, 6.45) is 1.39. The number of carbonyl (C=O) groups is 2. The van der Waals surface area contributed by atoms with Crippen LogP contribution < -0.4 is 37.6 Å². The molecule has 3 N–H and O–H groups in total. The number of amides is 2. The fourth-order valence-electron chi connectivity index (χ4n) is 3.90. The Morgan fingerprint density at radius 2 is 1.85 bits per heavy atom. The number of nitrogens with one attached hydrogen (secondary N) is 1. The van der Waals surface area contributed by atoms with Gasteiger partial charge in [0.25, 0.3) is 17.5 Å². The monoisotopic (exact) mass is 503 g/mol. The van der Waals surface area contributed by atoms with Gasteiger partial charge in [0.2, 0.25) is 0 Å². The Kier molecular flexibility index (Phi) is 7.82. The van der Waals surface area contributed by atoms with Gasteiger partial charge in [-0.3, -0.25) is 25.0 Å². The molecule has 2 amide bonds. The van der Waals surface area contributed by atoms with Gasteiger partial charge < -0.3 is 27.4 Å². The Balaban J connectivity index is 0.00000324. The minimum atomic E-state index is -0.666. The van der Waals surface area contributed by atoms with Crippen LogP contribution in [0.3, 0.4) is 0 Å². The summed E-state index contributed by atoms with van der Waals surface area (Å²) in [6.45, 7) is 3.24. The number of anilines is 2. The van der Waals surface area contributed by atoms with Crippen LogP contribution in [0.2, 0.25) is 0 Å². The zero-order chi connectivity index (χ0) is 23.5. The van der Waals surface area contributed by atoms with E-state index in [1.807, 2.05) is 0 Å². The quantitative estimate of drug-likeness (QED) is 0.156. The highest BCUT2D eigenvalue weighted by Gasteiger charge is 2.36. The lowest BCUT2D eigenvalue weighted by atomic mass is 10.0. The molecule has 0 radical (unpaired) electrons. The molecule has 178 valence electrons. The van der Waals surface area contributed by atoms with E-state index in [9.17, 15) is 19.7 Å². The topological polar surface area (TPSA) is 122 Å². The zero-order valence-electron chi connectivity index (χ0n) is 18.2. The van der Waals surface area contributed by atoms with E-state index in [0.29, 0.717) is 17.0 Å². The van der Waals surface area contributed by atoms with Crippen LogP contribution in [0, 0.1) is 10.1 Å². The van der Waals surface area contributed by atoms with Crippen LogP contribution in [-0.2, 0) is 9.59 Å². The van der Waals surface area contributed by atoms with Gasteiger partial charge in [-0.05, 0) is 36.5 Å². The van der Waals surface area contributed by atoms with Crippen molar-refractivity contribution >= 4 is 52.3 Å². The molecule has 0 saturated carbocycles. The third kappa shape index (κ3) is 4.86. The number of thiocarbonyl (C=S) groups is 1. The highest BCUT2D eigenvalue weighted by atomic mass is 35.5. The lowest BCUT2D eigenvalue weighted by Gasteiger charge is -2.31. The molecule has 12 heteroatoms. The molecule has 4 rings (SSSR count). The van der Waals surface area contributed by atoms with E-state index < -0.39 is 16.7 Å². The number of para-hydroxylation sites is 2. The number of rotatable bonds is 5. The van der Waals surface area contributed by atoms with Crippen molar-refractivity contribution in [2.45, 2.75) is 0 Å². The number of ether oxygens (including phenoxy) is 1. The fraction of sp³-hybridized carbons (Fsp3) is 0.227. The molecule has 0 bridgehead atoms. The van der Waals surface area contributed by atoms with Crippen molar-refractivity contribution in [1.82, 2.24) is 5.32 Å². The number of carbonyl (C=O) groups excluding carboxylic acids is 2.